The number of hydrogen-bond donors (Lipinski definition) is 0. The van der Waals surface area contributed by atoms with Gasteiger partial charge in [0.2, 0.25) is 5.91 Å². The molecule has 2 aliphatic heterocycles. The topological polar surface area (TPSA) is 45.7 Å². The number of fused-ring (bicyclic) bond motifs is 1. The van der Waals surface area contributed by atoms with Gasteiger partial charge in [0.05, 0.1) is 13.2 Å². The molecule has 0 aliphatic carbocycles. The maximum atomic E-state index is 12.3. The van der Waals surface area contributed by atoms with Gasteiger partial charge in [-0.2, -0.15) is 0 Å². The quantitative estimate of drug-likeness (QED) is 0.757. The van der Waals surface area contributed by atoms with E-state index in [4.69, 9.17) is 4.74 Å². The van der Waals surface area contributed by atoms with Crippen LogP contribution in [0.5, 0.6) is 5.75 Å². The summed E-state index contributed by atoms with van der Waals surface area (Å²) in [5.74, 6) is 2.92. The average molecular weight is 384 g/mol. The van der Waals surface area contributed by atoms with E-state index < -0.39 is 0 Å². The van der Waals surface area contributed by atoms with Crippen molar-refractivity contribution in [2.24, 2.45) is 11.8 Å². The van der Waals surface area contributed by atoms with Crippen molar-refractivity contribution in [2.75, 3.05) is 37.9 Å². The summed E-state index contributed by atoms with van der Waals surface area (Å²) in [4.78, 5) is 22.5. The Balaban J connectivity index is 1.58. The molecule has 0 N–H and O–H groups in total. The summed E-state index contributed by atoms with van der Waals surface area (Å²) in [5.41, 5.74) is 1.19. The maximum Gasteiger partial charge on any atom is 0.219 e. The molecule has 3 atom stereocenters. The Morgan fingerprint density at radius 2 is 1.93 bits per heavy atom. The summed E-state index contributed by atoms with van der Waals surface area (Å²) in [6.07, 6.45) is 4.00. The molecule has 5 nitrogen and oxygen atoms in total. The first-order valence-electron chi connectivity index (χ1n) is 9.27. The first-order valence-corrected chi connectivity index (χ1v) is 10.5. The normalized spacial score (nSPS) is 24.2. The smallest absolute Gasteiger partial charge is 0.219 e. The minimum Gasteiger partial charge on any atom is -0.497 e. The van der Waals surface area contributed by atoms with Gasteiger partial charge in [-0.25, -0.2) is 4.98 Å². The minimum atomic E-state index is 0.119. The highest BCUT2D eigenvalue weighted by Crippen LogP contribution is 2.46. The highest BCUT2D eigenvalue weighted by atomic mass is 32.2. The first kappa shape index (κ1) is 18.2. The van der Waals surface area contributed by atoms with Crippen molar-refractivity contribution in [3.63, 3.8) is 0 Å². The number of carbonyl (C=O) groups is 1. The fraction of sp³-hybridized carbons (Fsp3) is 0.429. The number of likely N-dealkylation sites (tertiary alicyclic amines) is 1. The Kier molecular flexibility index (Phi) is 5.00. The molecule has 0 saturated carbocycles. The number of methoxy groups -OCH3 is 1. The summed E-state index contributed by atoms with van der Waals surface area (Å²) in [6.45, 7) is 4.37. The molecule has 0 unspecified atom stereocenters. The third-order valence-electron chi connectivity index (χ3n) is 5.81. The van der Waals surface area contributed by atoms with Crippen molar-refractivity contribution >= 4 is 23.5 Å². The Bertz CT molecular complexity index is 809. The molecule has 1 amide bonds. The third-order valence-corrected chi connectivity index (χ3v) is 6.52. The monoisotopic (exact) mass is 383 g/mol. The number of carbonyl (C=O) groups excluding carboxylic acids is 1. The van der Waals surface area contributed by atoms with Crippen LogP contribution in [-0.4, -0.2) is 48.8 Å². The lowest BCUT2D eigenvalue weighted by Gasteiger charge is -2.29. The number of pyridine rings is 1. The van der Waals surface area contributed by atoms with Crippen LogP contribution in [0.1, 0.15) is 18.5 Å². The number of anilines is 1. The number of ether oxygens (including phenoxy) is 1. The molecule has 0 radical (unpaired) electrons. The standard InChI is InChI=1S/C21H25N3O2S/c1-14(25)24-12-16-11-23(20-9-8-18(27-3)10-22-20)13-19(16)21(24)15-4-6-17(26-2)7-5-15/h4-10,16,19,21H,11-13H2,1-3H3/t16-,19-,21+/m1/s1. The third kappa shape index (κ3) is 3.38. The van der Waals surface area contributed by atoms with E-state index in [0.29, 0.717) is 11.8 Å². The molecule has 2 fully saturated rings. The molecule has 2 aliphatic rings. The zero-order valence-corrected chi connectivity index (χ0v) is 16.8. The molecular weight excluding hydrogens is 358 g/mol. The number of hydrogen-bond acceptors (Lipinski definition) is 5. The molecule has 4 rings (SSSR count). The molecule has 2 saturated heterocycles. The van der Waals surface area contributed by atoms with E-state index in [0.717, 1.165) is 31.2 Å². The predicted octanol–water partition coefficient (Wildman–Crippen LogP) is 3.47. The minimum absolute atomic E-state index is 0.119. The summed E-state index contributed by atoms with van der Waals surface area (Å²) in [5, 5.41) is 0. The zero-order chi connectivity index (χ0) is 19.0. The van der Waals surface area contributed by atoms with E-state index in [-0.39, 0.29) is 11.9 Å². The van der Waals surface area contributed by atoms with Gasteiger partial charge in [0.15, 0.2) is 0 Å². The summed E-state index contributed by atoms with van der Waals surface area (Å²) >= 11 is 1.71. The Labute approximate surface area is 164 Å². The van der Waals surface area contributed by atoms with E-state index in [2.05, 4.69) is 40.4 Å². The van der Waals surface area contributed by atoms with Crippen molar-refractivity contribution in [1.82, 2.24) is 9.88 Å². The first-order chi connectivity index (χ1) is 13.1. The number of aromatic nitrogens is 1. The number of thioether (sulfide) groups is 1. The molecule has 1 aromatic heterocycles. The SMILES string of the molecule is COc1ccc([C@H]2[C@@H]3CN(c4ccc(SC)cn4)C[C@@H]3CN2C(C)=O)cc1. The van der Waals surface area contributed by atoms with E-state index in [1.807, 2.05) is 23.2 Å². The fourth-order valence-corrected chi connectivity index (χ4v) is 4.83. The van der Waals surface area contributed by atoms with Crippen molar-refractivity contribution in [3.05, 3.63) is 48.2 Å². The number of nitrogens with zero attached hydrogens (tertiary/aromatic N) is 3. The lowest BCUT2D eigenvalue weighted by Crippen LogP contribution is -2.34. The zero-order valence-electron chi connectivity index (χ0n) is 16.0. The van der Waals surface area contributed by atoms with Gasteiger partial charge in [0.1, 0.15) is 11.6 Å². The molecule has 142 valence electrons. The lowest BCUT2D eigenvalue weighted by molar-refractivity contribution is -0.130. The highest BCUT2D eigenvalue weighted by molar-refractivity contribution is 7.98. The molecule has 3 heterocycles. The second-order valence-electron chi connectivity index (χ2n) is 7.27. The van der Waals surface area contributed by atoms with Gasteiger partial charge < -0.3 is 14.5 Å². The van der Waals surface area contributed by atoms with Crippen LogP contribution in [-0.2, 0) is 4.79 Å². The largest absolute Gasteiger partial charge is 0.497 e. The van der Waals surface area contributed by atoms with Gasteiger partial charge in [-0.05, 0) is 36.1 Å². The van der Waals surface area contributed by atoms with Gasteiger partial charge in [0.25, 0.3) is 0 Å². The van der Waals surface area contributed by atoms with E-state index >= 15 is 0 Å². The molecule has 1 aromatic carbocycles. The van der Waals surface area contributed by atoms with Crippen molar-refractivity contribution in [1.29, 1.82) is 0 Å². The molecule has 2 aromatic rings. The van der Waals surface area contributed by atoms with Crippen LogP contribution in [0, 0.1) is 11.8 Å². The van der Waals surface area contributed by atoms with Crippen LogP contribution < -0.4 is 9.64 Å². The van der Waals surface area contributed by atoms with Crippen LogP contribution in [0.3, 0.4) is 0 Å². The summed E-state index contributed by atoms with van der Waals surface area (Å²) in [7, 11) is 1.67. The fourth-order valence-electron chi connectivity index (χ4n) is 4.46. The van der Waals surface area contributed by atoms with Gasteiger partial charge in [0, 0.05) is 49.5 Å². The van der Waals surface area contributed by atoms with E-state index in [9.17, 15) is 4.79 Å². The lowest BCUT2D eigenvalue weighted by atomic mass is 9.89. The Morgan fingerprint density at radius 1 is 1.15 bits per heavy atom. The van der Waals surface area contributed by atoms with Crippen molar-refractivity contribution < 1.29 is 9.53 Å². The van der Waals surface area contributed by atoms with Crippen molar-refractivity contribution in [3.8, 4) is 5.75 Å². The average Bonchev–Trinajstić information content (AvgIpc) is 3.26. The molecule has 27 heavy (non-hydrogen) atoms. The van der Waals surface area contributed by atoms with Crippen LogP contribution in [0.4, 0.5) is 5.82 Å². The van der Waals surface area contributed by atoms with E-state index in [1.165, 1.54) is 10.5 Å². The Morgan fingerprint density at radius 3 is 2.52 bits per heavy atom. The van der Waals surface area contributed by atoms with Crippen molar-refractivity contribution in [2.45, 2.75) is 17.9 Å². The second kappa shape index (κ2) is 7.43. The van der Waals surface area contributed by atoms with Crippen LogP contribution in [0.2, 0.25) is 0 Å². The second-order valence-corrected chi connectivity index (χ2v) is 8.15. The molecule has 0 bridgehead atoms. The van der Waals surface area contributed by atoms with Crippen LogP contribution in [0.25, 0.3) is 0 Å². The van der Waals surface area contributed by atoms with Gasteiger partial charge in [-0.15, -0.1) is 11.8 Å². The van der Waals surface area contributed by atoms with Crippen LogP contribution >= 0.6 is 11.8 Å². The Hall–Kier alpha value is -2.21. The number of amides is 1. The van der Waals surface area contributed by atoms with Gasteiger partial charge >= 0.3 is 0 Å². The van der Waals surface area contributed by atoms with Crippen LogP contribution in [0.15, 0.2) is 47.5 Å². The molecular formula is C21H25N3O2S. The molecule has 0 spiro atoms. The van der Waals surface area contributed by atoms with E-state index in [1.54, 1.807) is 25.8 Å². The summed E-state index contributed by atoms with van der Waals surface area (Å²) in [6, 6.07) is 12.5. The highest BCUT2D eigenvalue weighted by Gasteiger charge is 2.48. The number of rotatable bonds is 4. The summed E-state index contributed by atoms with van der Waals surface area (Å²) < 4.78 is 5.29. The maximum absolute atomic E-state index is 12.3. The number of benzene rings is 1. The molecule has 6 heteroatoms. The van der Waals surface area contributed by atoms with Gasteiger partial charge in [-0.1, -0.05) is 12.1 Å². The van der Waals surface area contributed by atoms with Gasteiger partial charge in [-0.3, -0.25) is 4.79 Å². The predicted molar refractivity (Wildman–Crippen MR) is 108 cm³/mol.